The second-order valence-electron chi connectivity index (χ2n) is 8.21. The van der Waals surface area contributed by atoms with Crippen LogP contribution in [0.2, 0.25) is 0 Å². The van der Waals surface area contributed by atoms with Gasteiger partial charge in [-0.2, -0.15) is 0 Å². The van der Waals surface area contributed by atoms with Gasteiger partial charge < -0.3 is 4.42 Å². The van der Waals surface area contributed by atoms with E-state index < -0.39 is 6.04 Å². The number of hydrogen-bond donors (Lipinski definition) is 0. The number of anilines is 1. The van der Waals surface area contributed by atoms with Crippen LogP contribution in [0.15, 0.2) is 57.7 Å². The zero-order valence-corrected chi connectivity index (χ0v) is 18.6. The highest BCUT2D eigenvalue weighted by Crippen LogP contribution is 2.43. The van der Waals surface area contributed by atoms with E-state index in [1.54, 1.807) is 29.2 Å². The number of carbonyl (C=O) groups excluding carboxylic acids is 1. The number of fused-ring (bicyclic) bond motifs is 2. The second kappa shape index (κ2) is 7.17. The number of aromatic nitrogens is 1. The summed E-state index contributed by atoms with van der Waals surface area (Å²) >= 11 is 1.45. The van der Waals surface area contributed by atoms with Crippen LogP contribution in [-0.4, -0.2) is 10.9 Å². The number of nitrogens with zero attached hydrogens (tertiary/aromatic N) is 2. The highest BCUT2D eigenvalue weighted by Gasteiger charge is 2.45. The molecular formula is C25H22N2O3S. The molecule has 0 radical (unpaired) electrons. The van der Waals surface area contributed by atoms with Crippen LogP contribution in [0.1, 0.15) is 63.6 Å². The Bertz CT molecular complexity index is 1360. The molecule has 2 aromatic carbocycles. The highest BCUT2D eigenvalue weighted by molar-refractivity contribution is 7.15. The minimum atomic E-state index is -0.575. The Hall–Kier alpha value is -3.25. The summed E-state index contributed by atoms with van der Waals surface area (Å²) in [6.07, 6.45) is 0. The lowest BCUT2D eigenvalue weighted by Gasteiger charge is -2.23. The maximum atomic E-state index is 13.5. The molecule has 0 unspecified atom stereocenters. The Morgan fingerprint density at radius 3 is 2.39 bits per heavy atom. The van der Waals surface area contributed by atoms with E-state index in [9.17, 15) is 9.59 Å². The third-order valence-electron chi connectivity index (χ3n) is 5.92. The Morgan fingerprint density at radius 2 is 1.74 bits per heavy atom. The predicted molar refractivity (Wildman–Crippen MR) is 123 cm³/mol. The number of thiazole rings is 1. The average molecular weight is 431 g/mol. The summed E-state index contributed by atoms with van der Waals surface area (Å²) in [5.41, 5.74) is 3.57. The van der Waals surface area contributed by atoms with Crippen LogP contribution in [0, 0.1) is 13.8 Å². The van der Waals surface area contributed by atoms with Gasteiger partial charge in [0.15, 0.2) is 10.6 Å². The minimum absolute atomic E-state index is 0.104. The first-order valence-electron chi connectivity index (χ1n) is 10.3. The first kappa shape index (κ1) is 19.7. The van der Waals surface area contributed by atoms with E-state index in [1.165, 1.54) is 16.9 Å². The fourth-order valence-corrected chi connectivity index (χ4v) is 4.99. The number of benzene rings is 2. The number of hydrogen-bond acceptors (Lipinski definition) is 5. The molecule has 5 nitrogen and oxygen atoms in total. The molecule has 31 heavy (non-hydrogen) atoms. The fraction of sp³-hybridized carbons (Fsp3) is 0.240. The first-order valence-corrected chi connectivity index (χ1v) is 11.1. The summed E-state index contributed by atoms with van der Waals surface area (Å²) in [6.45, 7) is 8.18. The quantitative estimate of drug-likeness (QED) is 0.416. The van der Waals surface area contributed by atoms with Crippen molar-refractivity contribution in [2.45, 2.75) is 39.7 Å². The lowest BCUT2D eigenvalue weighted by Crippen LogP contribution is -2.29. The molecule has 0 aliphatic carbocycles. The summed E-state index contributed by atoms with van der Waals surface area (Å²) in [5, 5.41) is 1.05. The van der Waals surface area contributed by atoms with Crippen LogP contribution < -0.4 is 10.3 Å². The van der Waals surface area contributed by atoms with Crippen molar-refractivity contribution >= 4 is 33.3 Å². The van der Waals surface area contributed by atoms with E-state index in [4.69, 9.17) is 4.42 Å². The number of aryl methyl sites for hydroxylation is 2. The highest BCUT2D eigenvalue weighted by atomic mass is 32.1. The van der Waals surface area contributed by atoms with Gasteiger partial charge >= 0.3 is 0 Å². The van der Waals surface area contributed by atoms with E-state index in [-0.39, 0.29) is 17.1 Å². The molecular weight excluding hydrogens is 408 g/mol. The Labute approximate surface area is 184 Å². The second-order valence-corrected chi connectivity index (χ2v) is 9.39. The number of carbonyl (C=O) groups is 1. The molecule has 0 N–H and O–H groups in total. The van der Waals surface area contributed by atoms with E-state index in [2.05, 4.69) is 31.0 Å². The van der Waals surface area contributed by atoms with Gasteiger partial charge in [0.25, 0.3) is 5.91 Å². The van der Waals surface area contributed by atoms with Crippen LogP contribution >= 0.6 is 11.3 Å². The normalized spacial score (nSPS) is 15.8. The van der Waals surface area contributed by atoms with Crippen molar-refractivity contribution in [1.29, 1.82) is 0 Å². The third-order valence-corrected chi connectivity index (χ3v) is 6.99. The third kappa shape index (κ3) is 3.01. The molecule has 156 valence electrons. The summed E-state index contributed by atoms with van der Waals surface area (Å²) in [5.74, 6) is 0.164. The smallest absolute Gasteiger partial charge is 0.297 e. The minimum Gasteiger partial charge on any atom is -0.450 e. The lowest BCUT2D eigenvalue weighted by molar-refractivity contribution is 0.0971. The molecule has 6 heteroatoms. The average Bonchev–Trinajstić information content (AvgIpc) is 3.24. The van der Waals surface area contributed by atoms with Crippen molar-refractivity contribution in [2.24, 2.45) is 0 Å². The standard InChI is InChI=1S/C25H22N2O3S/c1-13(2)16-9-11-17(12-10-16)21-20-22(28)18-7-5-6-8-19(18)30-23(20)24(29)27(21)25-26-14(3)15(4)31-25/h5-13,21H,1-4H3/t21-/m1/s1. The largest absolute Gasteiger partial charge is 0.450 e. The van der Waals surface area contributed by atoms with E-state index >= 15 is 0 Å². The maximum absolute atomic E-state index is 13.5. The zero-order valence-electron chi connectivity index (χ0n) is 17.8. The molecule has 2 aromatic heterocycles. The molecule has 1 aliphatic heterocycles. The number of para-hydroxylation sites is 1. The Kier molecular flexibility index (Phi) is 4.55. The van der Waals surface area contributed by atoms with Gasteiger partial charge in [-0.25, -0.2) is 4.98 Å². The first-order chi connectivity index (χ1) is 14.9. The van der Waals surface area contributed by atoms with Crippen LogP contribution in [0.25, 0.3) is 11.0 Å². The van der Waals surface area contributed by atoms with Gasteiger partial charge in [-0.05, 0) is 43.0 Å². The van der Waals surface area contributed by atoms with Crippen LogP contribution in [-0.2, 0) is 0 Å². The zero-order chi connectivity index (χ0) is 21.9. The maximum Gasteiger partial charge on any atom is 0.297 e. The summed E-state index contributed by atoms with van der Waals surface area (Å²) in [6, 6.07) is 14.6. The Balaban J connectivity index is 1.78. The molecule has 0 bridgehead atoms. The molecule has 5 rings (SSSR count). The van der Waals surface area contributed by atoms with Crippen LogP contribution in [0.5, 0.6) is 0 Å². The molecule has 0 fully saturated rings. The molecule has 1 amide bonds. The number of rotatable bonds is 3. The SMILES string of the molecule is Cc1nc(N2C(=O)c3oc4ccccc4c(=O)c3[C@H]2c2ccc(C(C)C)cc2)sc1C. The van der Waals surface area contributed by atoms with Crippen molar-refractivity contribution in [2.75, 3.05) is 4.90 Å². The van der Waals surface area contributed by atoms with Gasteiger partial charge in [0.2, 0.25) is 5.76 Å². The Morgan fingerprint density at radius 1 is 1.03 bits per heavy atom. The molecule has 1 atom stereocenters. The van der Waals surface area contributed by atoms with Gasteiger partial charge in [0.05, 0.1) is 22.7 Å². The van der Waals surface area contributed by atoms with Crippen molar-refractivity contribution in [3.8, 4) is 0 Å². The molecule has 3 heterocycles. The van der Waals surface area contributed by atoms with Crippen molar-refractivity contribution < 1.29 is 9.21 Å². The summed E-state index contributed by atoms with van der Waals surface area (Å²) in [4.78, 5) is 34.3. The molecule has 1 aliphatic rings. The predicted octanol–water partition coefficient (Wildman–Crippen LogP) is 5.74. The van der Waals surface area contributed by atoms with E-state index in [1.807, 2.05) is 26.0 Å². The molecule has 0 saturated carbocycles. The van der Waals surface area contributed by atoms with E-state index in [0.717, 1.165) is 16.1 Å². The molecule has 0 spiro atoms. The summed E-state index contributed by atoms with van der Waals surface area (Å²) < 4.78 is 5.99. The van der Waals surface area contributed by atoms with Crippen molar-refractivity contribution in [1.82, 2.24) is 4.98 Å². The summed E-state index contributed by atoms with van der Waals surface area (Å²) in [7, 11) is 0. The van der Waals surface area contributed by atoms with Gasteiger partial charge in [-0.1, -0.05) is 50.2 Å². The lowest BCUT2D eigenvalue weighted by atomic mass is 9.95. The van der Waals surface area contributed by atoms with Gasteiger partial charge in [-0.3, -0.25) is 14.5 Å². The monoisotopic (exact) mass is 430 g/mol. The molecule has 4 aromatic rings. The molecule has 0 saturated heterocycles. The van der Waals surface area contributed by atoms with Crippen molar-refractivity contribution in [3.63, 3.8) is 0 Å². The van der Waals surface area contributed by atoms with Crippen LogP contribution in [0.4, 0.5) is 5.13 Å². The van der Waals surface area contributed by atoms with Crippen LogP contribution in [0.3, 0.4) is 0 Å². The van der Waals surface area contributed by atoms with Crippen molar-refractivity contribution in [3.05, 3.63) is 91.8 Å². The fourth-order valence-electron chi connectivity index (χ4n) is 4.05. The van der Waals surface area contributed by atoms with Gasteiger partial charge in [-0.15, -0.1) is 11.3 Å². The number of amides is 1. The van der Waals surface area contributed by atoms with Gasteiger partial charge in [0, 0.05) is 4.88 Å². The van der Waals surface area contributed by atoms with E-state index in [0.29, 0.717) is 27.6 Å². The van der Waals surface area contributed by atoms with Gasteiger partial charge in [0.1, 0.15) is 5.58 Å². The topological polar surface area (TPSA) is 63.4 Å².